The summed E-state index contributed by atoms with van der Waals surface area (Å²) < 4.78 is 0. The molecule has 1 heteroatoms. The molecule has 0 unspecified atom stereocenters. The van der Waals surface area contributed by atoms with Crippen LogP contribution in [0.3, 0.4) is 0 Å². The summed E-state index contributed by atoms with van der Waals surface area (Å²) in [5.74, 6) is 0. The first kappa shape index (κ1) is 20.2. The van der Waals surface area contributed by atoms with E-state index < -0.39 is 8.07 Å². The molecule has 0 spiro atoms. The van der Waals surface area contributed by atoms with Crippen molar-refractivity contribution in [2.75, 3.05) is 0 Å². The van der Waals surface area contributed by atoms with Crippen LogP contribution in [-0.2, 0) is 0 Å². The maximum Gasteiger partial charge on any atom is 0.0473 e. The molecule has 0 aliphatic carbocycles. The van der Waals surface area contributed by atoms with Gasteiger partial charge in [-0.3, -0.25) is 0 Å². The highest BCUT2D eigenvalue weighted by Gasteiger charge is 2.11. The monoisotopic (exact) mass is 297 g/mol. The molecular weight excluding hydrogens is 256 g/mol. The Labute approximate surface area is 131 Å². The summed E-state index contributed by atoms with van der Waals surface area (Å²) in [6.07, 6.45) is 20.3. The highest BCUT2D eigenvalue weighted by Crippen LogP contribution is 2.15. The van der Waals surface area contributed by atoms with Gasteiger partial charge >= 0.3 is 0 Å². The van der Waals surface area contributed by atoms with Crippen LogP contribution < -0.4 is 0 Å². The van der Waals surface area contributed by atoms with Gasteiger partial charge in [0.05, 0.1) is 0 Å². The molecule has 1 radical (unpaired) electrons. The second-order valence-electron chi connectivity index (χ2n) is 7.60. The Balaban J connectivity index is 2.99. The van der Waals surface area contributed by atoms with Gasteiger partial charge in [-0.25, -0.2) is 0 Å². The van der Waals surface area contributed by atoms with Gasteiger partial charge in [0, 0.05) is 8.07 Å². The van der Waals surface area contributed by atoms with Crippen molar-refractivity contribution >= 4 is 8.07 Å². The van der Waals surface area contributed by atoms with Gasteiger partial charge in [0.1, 0.15) is 0 Å². The molecule has 0 rings (SSSR count). The van der Waals surface area contributed by atoms with Crippen LogP contribution in [0.5, 0.6) is 0 Å². The number of unbranched alkanes of at least 4 members (excludes halogenated alkanes) is 13. The SMILES string of the molecule is CCCCCCCCCCCCCCC[CH][Si](C)(C)C. The summed E-state index contributed by atoms with van der Waals surface area (Å²) in [4.78, 5) is 0. The Morgan fingerprint density at radius 3 is 1.25 bits per heavy atom. The third-order valence-corrected chi connectivity index (χ3v) is 5.58. The molecule has 0 saturated carbocycles. The molecule has 0 atom stereocenters. The highest BCUT2D eigenvalue weighted by molar-refractivity contribution is 6.79. The van der Waals surface area contributed by atoms with E-state index in [1.165, 1.54) is 89.9 Å². The van der Waals surface area contributed by atoms with Crippen molar-refractivity contribution in [1.82, 2.24) is 0 Å². The summed E-state index contributed by atoms with van der Waals surface area (Å²) in [6.45, 7) is 9.61. The lowest BCUT2D eigenvalue weighted by Gasteiger charge is -2.14. The number of hydrogen-bond donors (Lipinski definition) is 0. The largest absolute Gasteiger partial charge is 0.0693 e. The second kappa shape index (κ2) is 14.2. The average Bonchev–Trinajstić information content (AvgIpc) is 2.38. The molecule has 0 aliphatic rings. The molecule has 0 aromatic heterocycles. The fourth-order valence-corrected chi connectivity index (χ4v) is 3.77. The van der Waals surface area contributed by atoms with E-state index in [2.05, 4.69) is 32.6 Å². The molecule has 0 nitrogen and oxygen atoms in total. The summed E-state index contributed by atoms with van der Waals surface area (Å²) >= 11 is 0. The minimum Gasteiger partial charge on any atom is -0.0693 e. The van der Waals surface area contributed by atoms with Crippen LogP contribution in [0, 0.1) is 6.04 Å². The summed E-state index contributed by atoms with van der Waals surface area (Å²) in [5, 5.41) is 0. The molecule has 20 heavy (non-hydrogen) atoms. The van der Waals surface area contributed by atoms with E-state index in [1.54, 1.807) is 0 Å². The predicted molar refractivity (Wildman–Crippen MR) is 98.0 cm³/mol. The van der Waals surface area contributed by atoms with Gasteiger partial charge in [-0.1, -0.05) is 116 Å². The maximum absolute atomic E-state index is 2.62. The van der Waals surface area contributed by atoms with Crippen molar-refractivity contribution in [2.45, 2.75) is 116 Å². The molecule has 0 amide bonds. The van der Waals surface area contributed by atoms with E-state index in [1.807, 2.05) is 0 Å². The fraction of sp³-hybridized carbons (Fsp3) is 0.947. The van der Waals surface area contributed by atoms with E-state index in [9.17, 15) is 0 Å². The molecular formula is C19H41Si. The Morgan fingerprint density at radius 1 is 0.550 bits per heavy atom. The molecule has 0 aromatic rings. The quantitative estimate of drug-likeness (QED) is 0.216. The maximum atomic E-state index is 2.62. The molecule has 0 aliphatic heterocycles. The lowest BCUT2D eigenvalue weighted by molar-refractivity contribution is 0.539. The zero-order valence-corrected chi connectivity index (χ0v) is 16.0. The third-order valence-electron chi connectivity index (χ3n) is 4.06. The van der Waals surface area contributed by atoms with Gasteiger partial charge in [0.15, 0.2) is 0 Å². The lowest BCUT2D eigenvalue weighted by atomic mass is 10.0. The minimum absolute atomic E-state index is 0.885. The molecule has 0 heterocycles. The molecule has 0 N–H and O–H groups in total. The van der Waals surface area contributed by atoms with E-state index in [4.69, 9.17) is 0 Å². The van der Waals surface area contributed by atoms with Crippen molar-refractivity contribution in [3.63, 3.8) is 0 Å². The van der Waals surface area contributed by atoms with Crippen LogP contribution in [-0.4, -0.2) is 8.07 Å². The first-order valence-corrected chi connectivity index (χ1v) is 13.0. The van der Waals surface area contributed by atoms with Crippen LogP contribution >= 0.6 is 0 Å². The van der Waals surface area contributed by atoms with Crippen molar-refractivity contribution in [3.05, 3.63) is 6.04 Å². The highest BCUT2D eigenvalue weighted by atomic mass is 28.3. The first-order chi connectivity index (χ1) is 9.56. The lowest BCUT2D eigenvalue weighted by Crippen LogP contribution is -2.20. The van der Waals surface area contributed by atoms with Crippen LogP contribution in [0.2, 0.25) is 19.6 Å². The number of rotatable bonds is 15. The van der Waals surface area contributed by atoms with Crippen molar-refractivity contribution < 1.29 is 0 Å². The average molecular weight is 298 g/mol. The van der Waals surface area contributed by atoms with Crippen molar-refractivity contribution in [1.29, 1.82) is 0 Å². The van der Waals surface area contributed by atoms with Gasteiger partial charge in [-0.05, 0) is 6.04 Å². The Kier molecular flexibility index (Phi) is 14.3. The van der Waals surface area contributed by atoms with Gasteiger partial charge in [0.2, 0.25) is 0 Å². The van der Waals surface area contributed by atoms with E-state index >= 15 is 0 Å². The molecule has 0 saturated heterocycles. The van der Waals surface area contributed by atoms with Gasteiger partial charge < -0.3 is 0 Å². The fourth-order valence-electron chi connectivity index (χ4n) is 2.70. The normalized spacial score (nSPS) is 12.0. The summed E-state index contributed by atoms with van der Waals surface area (Å²) in [5.41, 5.74) is 0. The zero-order valence-electron chi connectivity index (χ0n) is 15.0. The Bertz CT molecular complexity index is 181. The van der Waals surface area contributed by atoms with Gasteiger partial charge in [-0.2, -0.15) is 0 Å². The zero-order chi connectivity index (χ0) is 15.1. The molecule has 0 bridgehead atoms. The Morgan fingerprint density at radius 2 is 0.900 bits per heavy atom. The van der Waals surface area contributed by atoms with Gasteiger partial charge in [0.25, 0.3) is 0 Å². The van der Waals surface area contributed by atoms with Crippen LogP contribution in [0.25, 0.3) is 0 Å². The molecule has 0 aromatic carbocycles. The van der Waals surface area contributed by atoms with Crippen LogP contribution in [0.1, 0.15) is 96.8 Å². The van der Waals surface area contributed by atoms with Crippen LogP contribution in [0.4, 0.5) is 0 Å². The number of hydrogen-bond acceptors (Lipinski definition) is 0. The topological polar surface area (TPSA) is 0 Å². The van der Waals surface area contributed by atoms with Crippen molar-refractivity contribution in [2.24, 2.45) is 0 Å². The smallest absolute Gasteiger partial charge is 0.0473 e. The molecule has 0 fully saturated rings. The standard InChI is InChI=1S/C19H41Si/c1-5-6-7-8-9-10-11-12-13-14-15-16-17-18-19-20(2,3)4/h19H,5-18H2,1-4H3. The second-order valence-corrected chi connectivity index (χ2v) is 12.7. The molecule has 121 valence electrons. The van der Waals surface area contributed by atoms with Gasteiger partial charge in [-0.15, -0.1) is 0 Å². The van der Waals surface area contributed by atoms with Crippen LogP contribution in [0.15, 0.2) is 0 Å². The first-order valence-electron chi connectivity index (χ1n) is 9.40. The van der Waals surface area contributed by atoms with Crippen molar-refractivity contribution in [3.8, 4) is 0 Å². The van der Waals surface area contributed by atoms with E-state index in [0.717, 1.165) is 0 Å². The minimum atomic E-state index is -0.885. The van der Waals surface area contributed by atoms with E-state index in [-0.39, 0.29) is 0 Å². The Hall–Kier alpha value is 0.217. The predicted octanol–water partition coefficient (Wildman–Crippen LogP) is 7.55. The third kappa shape index (κ3) is 18.2. The summed E-state index contributed by atoms with van der Waals surface area (Å²) in [6, 6.07) is 2.62. The summed E-state index contributed by atoms with van der Waals surface area (Å²) in [7, 11) is -0.885. The van der Waals surface area contributed by atoms with E-state index in [0.29, 0.717) is 0 Å².